The zero-order valence-electron chi connectivity index (χ0n) is 16.2. The summed E-state index contributed by atoms with van der Waals surface area (Å²) in [4.78, 5) is 18.9. The van der Waals surface area contributed by atoms with Gasteiger partial charge in [0, 0.05) is 24.4 Å². The van der Waals surface area contributed by atoms with Crippen LogP contribution in [0.2, 0.25) is 0 Å². The van der Waals surface area contributed by atoms with Crippen LogP contribution in [0.3, 0.4) is 0 Å². The number of aliphatic imine (C=N–C) groups is 4. The summed E-state index contributed by atoms with van der Waals surface area (Å²) in [6, 6.07) is 0. The van der Waals surface area contributed by atoms with E-state index in [1.807, 2.05) is 80.2 Å². The monoisotopic (exact) mass is 388 g/mol. The van der Waals surface area contributed by atoms with E-state index in [0.29, 0.717) is 0 Å². The molecular weight excluding hydrogens is 372 g/mol. The number of hydrogen-bond acceptors (Lipinski definition) is 5. The van der Waals surface area contributed by atoms with Gasteiger partial charge in [0.25, 0.3) is 0 Å². The van der Waals surface area contributed by atoms with Crippen molar-refractivity contribution in [1.82, 2.24) is 9.78 Å². The van der Waals surface area contributed by atoms with Gasteiger partial charge >= 0.3 is 0 Å². The van der Waals surface area contributed by atoms with Crippen LogP contribution in [0.5, 0.6) is 0 Å². The fourth-order valence-electron chi connectivity index (χ4n) is 3.69. The van der Waals surface area contributed by atoms with Gasteiger partial charge in [0.05, 0.1) is 51.8 Å². The molecule has 0 amide bonds. The molecule has 0 aromatic carbocycles. The summed E-state index contributed by atoms with van der Waals surface area (Å²) in [6.07, 6.45) is 25.8. The van der Waals surface area contributed by atoms with Gasteiger partial charge in [-0.1, -0.05) is 0 Å². The Morgan fingerprint density at radius 1 is 0.600 bits per heavy atom. The Morgan fingerprint density at radius 3 is 1.73 bits per heavy atom. The summed E-state index contributed by atoms with van der Waals surface area (Å²) >= 11 is 0. The van der Waals surface area contributed by atoms with Crippen LogP contribution in [0.25, 0.3) is 5.57 Å². The molecule has 6 rings (SSSR count). The Morgan fingerprint density at radius 2 is 1.17 bits per heavy atom. The third-order valence-electron chi connectivity index (χ3n) is 5.05. The van der Waals surface area contributed by atoms with Gasteiger partial charge in [-0.3, -0.25) is 4.68 Å². The molecule has 142 valence electrons. The predicted octanol–water partition coefficient (Wildman–Crippen LogP) is 3.84. The molecule has 8 bridgehead atoms. The van der Waals surface area contributed by atoms with Crippen molar-refractivity contribution >= 4 is 28.4 Å². The van der Waals surface area contributed by atoms with Crippen molar-refractivity contribution in [3.05, 3.63) is 108 Å². The molecule has 6 heteroatoms. The third kappa shape index (κ3) is 3.04. The maximum atomic E-state index is 4.84. The Labute approximate surface area is 173 Å². The van der Waals surface area contributed by atoms with Crippen LogP contribution >= 0.6 is 0 Å². The highest BCUT2D eigenvalue weighted by atomic mass is 15.2. The van der Waals surface area contributed by atoms with Crippen LogP contribution in [-0.4, -0.2) is 32.6 Å². The topological polar surface area (TPSA) is 67.3 Å². The van der Waals surface area contributed by atoms with Crippen molar-refractivity contribution in [2.45, 2.75) is 0 Å². The van der Waals surface area contributed by atoms with Gasteiger partial charge in [0.1, 0.15) is 0 Å². The zero-order chi connectivity index (χ0) is 20.1. The van der Waals surface area contributed by atoms with Gasteiger partial charge in [0.15, 0.2) is 0 Å². The highest BCUT2D eigenvalue weighted by Gasteiger charge is 2.19. The molecule has 6 heterocycles. The van der Waals surface area contributed by atoms with Gasteiger partial charge in [-0.05, 0) is 66.8 Å². The van der Waals surface area contributed by atoms with E-state index in [9.17, 15) is 0 Å². The second-order valence-corrected chi connectivity index (χ2v) is 7.34. The van der Waals surface area contributed by atoms with Crippen LogP contribution in [0, 0.1) is 0 Å². The van der Waals surface area contributed by atoms with E-state index in [-0.39, 0.29) is 0 Å². The Kier molecular flexibility index (Phi) is 3.58. The molecule has 0 spiro atoms. The molecule has 0 unspecified atom stereocenters. The maximum Gasteiger partial charge on any atom is 0.0738 e. The standard InChI is InChI=1S/C24H16N6/c1-30-14-15(13-25-30)23-11-22-10-20-5-4-18(27-20)8-16-2-3-17(26-16)9-19-6-7-21(28-19)12-24(23)29-22/h2-14H,1H3. The average Bonchev–Trinajstić information content (AvgIpc) is 3.51. The number of hydrogen-bond donors (Lipinski definition) is 0. The van der Waals surface area contributed by atoms with E-state index >= 15 is 0 Å². The normalized spacial score (nSPS) is 20.9. The van der Waals surface area contributed by atoms with E-state index in [0.717, 1.165) is 56.8 Å². The molecule has 0 aliphatic carbocycles. The van der Waals surface area contributed by atoms with Gasteiger partial charge in [-0.2, -0.15) is 5.10 Å². The van der Waals surface area contributed by atoms with Gasteiger partial charge in [-0.25, -0.2) is 20.0 Å². The second-order valence-electron chi connectivity index (χ2n) is 7.34. The minimum absolute atomic E-state index is 0.851. The van der Waals surface area contributed by atoms with Gasteiger partial charge < -0.3 is 0 Å². The number of nitrogens with zero attached hydrogens (tertiary/aromatic N) is 6. The van der Waals surface area contributed by atoms with Crippen molar-refractivity contribution in [2.24, 2.45) is 27.0 Å². The first-order valence-electron chi connectivity index (χ1n) is 9.65. The lowest BCUT2D eigenvalue weighted by molar-refractivity contribution is 0.767. The molecule has 1 aromatic heterocycles. The van der Waals surface area contributed by atoms with Crippen molar-refractivity contribution in [3.63, 3.8) is 0 Å². The highest BCUT2D eigenvalue weighted by molar-refractivity contribution is 6.32. The zero-order valence-corrected chi connectivity index (χ0v) is 16.2. The van der Waals surface area contributed by atoms with Crippen LogP contribution < -0.4 is 0 Å². The van der Waals surface area contributed by atoms with Crippen molar-refractivity contribution < 1.29 is 0 Å². The van der Waals surface area contributed by atoms with E-state index in [1.165, 1.54) is 0 Å². The molecule has 0 fully saturated rings. The van der Waals surface area contributed by atoms with Crippen LogP contribution in [0.4, 0.5) is 0 Å². The first-order valence-corrected chi connectivity index (χ1v) is 9.65. The average molecular weight is 388 g/mol. The summed E-state index contributed by atoms with van der Waals surface area (Å²) in [6.45, 7) is 0. The summed E-state index contributed by atoms with van der Waals surface area (Å²) in [5.74, 6) is 0. The van der Waals surface area contributed by atoms with Crippen LogP contribution in [0.1, 0.15) is 5.56 Å². The third-order valence-corrected chi connectivity index (χ3v) is 5.05. The fourth-order valence-corrected chi connectivity index (χ4v) is 3.69. The Balaban J connectivity index is 1.51. The lowest BCUT2D eigenvalue weighted by Gasteiger charge is -1.99. The lowest BCUT2D eigenvalue weighted by Crippen LogP contribution is -1.95. The number of aryl methyl sites for hydroxylation is 1. The Bertz CT molecular complexity index is 1370. The van der Waals surface area contributed by atoms with E-state index < -0.39 is 0 Å². The second kappa shape index (κ2) is 6.42. The summed E-state index contributed by atoms with van der Waals surface area (Å²) < 4.78 is 1.79. The van der Waals surface area contributed by atoms with Crippen LogP contribution in [0.15, 0.2) is 122 Å². The maximum absolute atomic E-state index is 4.84. The quantitative estimate of drug-likeness (QED) is 0.721. The molecule has 0 saturated carbocycles. The molecule has 0 N–H and O–H groups in total. The van der Waals surface area contributed by atoms with Gasteiger partial charge in [0.2, 0.25) is 0 Å². The molecule has 0 radical (unpaired) electrons. The number of aromatic nitrogens is 2. The minimum Gasteiger partial charge on any atom is -0.275 e. The molecular formula is C24H16N6. The number of fused-ring (bicyclic) bond motifs is 4. The lowest BCUT2D eigenvalue weighted by atomic mass is 10.0. The minimum atomic E-state index is 0.851. The summed E-state index contributed by atoms with van der Waals surface area (Å²) in [5, 5.41) is 4.31. The molecule has 0 saturated heterocycles. The van der Waals surface area contributed by atoms with E-state index in [4.69, 9.17) is 9.98 Å². The van der Waals surface area contributed by atoms with Crippen molar-refractivity contribution in [3.8, 4) is 0 Å². The molecule has 30 heavy (non-hydrogen) atoms. The fraction of sp³-hybridized carbons (Fsp3) is 0.0417. The number of rotatable bonds is 1. The first-order chi connectivity index (χ1) is 14.7. The summed E-state index contributed by atoms with van der Waals surface area (Å²) in [7, 11) is 1.91. The van der Waals surface area contributed by atoms with E-state index in [1.54, 1.807) is 4.68 Å². The van der Waals surface area contributed by atoms with E-state index in [2.05, 4.69) is 21.2 Å². The first kappa shape index (κ1) is 16.7. The molecule has 6 nitrogen and oxygen atoms in total. The SMILES string of the molecule is Cn1cc(C2=CC3=CC4=NC(=CC5=NC(=CC6=NC(=CC2=N3)C=C6)C=C5)C=C4)cn1. The Hall–Kier alpha value is -4.19. The largest absolute Gasteiger partial charge is 0.275 e. The molecule has 5 aliphatic heterocycles. The predicted molar refractivity (Wildman–Crippen MR) is 121 cm³/mol. The molecule has 5 aliphatic rings. The van der Waals surface area contributed by atoms with Crippen molar-refractivity contribution in [2.75, 3.05) is 0 Å². The molecule has 0 atom stereocenters. The van der Waals surface area contributed by atoms with Crippen LogP contribution in [-0.2, 0) is 7.05 Å². The molecule has 1 aromatic rings. The van der Waals surface area contributed by atoms with Crippen molar-refractivity contribution in [1.29, 1.82) is 0 Å². The summed E-state index contributed by atoms with van der Waals surface area (Å²) in [5.41, 5.74) is 8.97. The number of allylic oxidation sites excluding steroid dienone is 12. The smallest absolute Gasteiger partial charge is 0.0738 e. The highest BCUT2D eigenvalue weighted by Crippen LogP contribution is 2.28. The van der Waals surface area contributed by atoms with Gasteiger partial charge in [-0.15, -0.1) is 0 Å².